The Labute approximate surface area is 216 Å². The van der Waals surface area contributed by atoms with E-state index in [4.69, 9.17) is 9.57 Å². The monoisotopic (exact) mass is 518 g/mol. The van der Waals surface area contributed by atoms with Crippen molar-refractivity contribution in [1.29, 1.82) is 0 Å². The van der Waals surface area contributed by atoms with Gasteiger partial charge < -0.3 is 14.1 Å². The second-order valence-corrected chi connectivity index (χ2v) is 8.06. The Balaban J connectivity index is 0.00000456. The van der Waals surface area contributed by atoms with Crippen LogP contribution in [0.3, 0.4) is 0 Å². The number of amides is 1. The highest BCUT2D eigenvalue weighted by Crippen LogP contribution is 2.33. The van der Waals surface area contributed by atoms with E-state index in [0.29, 0.717) is 24.4 Å². The van der Waals surface area contributed by atoms with E-state index >= 15 is 0 Å². The number of hydrogen-bond acceptors (Lipinski definition) is 8. The molecule has 1 aromatic heterocycles. The molecule has 1 amide bonds. The smallest absolute Gasteiger partial charge is 0.325 e. The molecule has 0 aliphatic carbocycles. The minimum atomic E-state index is -1.27. The summed E-state index contributed by atoms with van der Waals surface area (Å²) in [4.78, 5) is 60.4. The molecule has 0 saturated heterocycles. The number of rotatable bonds is 11. The van der Waals surface area contributed by atoms with E-state index in [1.165, 1.54) is 4.90 Å². The van der Waals surface area contributed by atoms with Crippen molar-refractivity contribution in [2.75, 3.05) is 18.1 Å². The number of hydrogen-bond donors (Lipinski definition) is 1. The predicted molar refractivity (Wildman–Crippen MR) is 137 cm³/mol. The second-order valence-electron chi connectivity index (χ2n) is 8.06. The standard InChI is InChI=1S/C25H30N4O6.ClH/c1-4-34-22(31)11-8-14-27-35-23(32)13-12-21(30)24-25(33)29(18-9-6-5-7-10-18)20-16-28(3)17(2)19(20)15-26-24;/h5-7,9-10,15-16,24,27H,4,8,11-14H2,1-3H3;1H. The fourth-order valence-electron chi connectivity index (χ4n) is 3.66. The average Bonchev–Trinajstić information content (AvgIpc) is 3.02. The van der Waals surface area contributed by atoms with Crippen LogP contribution in [-0.2, 0) is 35.8 Å². The summed E-state index contributed by atoms with van der Waals surface area (Å²) in [5.74, 6) is -1.91. The number of carbonyl (C=O) groups is 4. The largest absolute Gasteiger partial charge is 0.466 e. The van der Waals surface area contributed by atoms with E-state index in [2.05, 4.69) is 10.5 Å². The number of nitrogens with zero attached hydrogens (tertiary/aromatic N) is 3. The first kappa shape index (κ1) is 28.7. The van der Waals surface area contributed by atoms with Gasteiger partial charge in [0.2, 0.25) is 0 Å². The van der Waals surface area contributed by atoms with Gasteiger partial charge in [-0.25, -0.2) is 0 Å². The maximum atomic E-state index is 13.5. The molecule has 0 saturated carbocycles. The lowest BCUT2D eigenvalue weighted by atomic mass is 10.1. The molecule has 11 heteroatoms. The predicted octanol–water partition coefficient (Wildman–Crippen LogP) is 2.96. The zero-order valence-corrected chi connectivity index (χ0v) is 21.4. The van der Waals surface area contributed by atoms with Gasteiger partial charge in [0.05, 0.1) is 18.7 Å². The Kier molecular flexibility index (Phi) is 10.8. The van der Waals surface area contributed by atoms with Crippen LogP contribution in [0, 0.1) is 6.92 Å². The number of benzene rings is 1. The number of ether oxygens (including phenoxy) is 1. The van der Waals surface area contributed by atoms with Crippen LogP contribution in [0.5, 0.6) is 0 Å². The summed E-state index contributed by atoms with van der Waals surface area (Å²) in [6.07, 6.45) is 3.62. The van der Waals surface area contributed by atoms with Crippen molar-refractivity contribution in [3.63, 3.8) is 0 Å². The summed E-state index contributed by atoms with van der Waals surface area (Å²) in [6.45, 7) is 4.23. The van der Waals surface area contributed by atoms with Crippen LogP contribution in [-0.4, -0.2) is 53.6 Å². The van der Waals surface area contributed by atoms with Crippen LogP contribution in [0.15, 0.2) is 41.5 Å². The Morgan fingerprint density at radius 3 is 2.50 bits per heavy atom. The molecular weight excluding hydrogens is 488 g/mol. The molecule has 36 heavy (non-hydrogen) atoms. The molecule has 1 unspecified atom stereocenters. The summed E-state index contributed by atoms with van der Waals surface area (Å²) in [5, 5.41) is 0. The minimum Gasteiger partial charge on any atom is -0.466 e. The lowest BCUT2D eigenvalue weighted by Gasteiger charge is -2.23. The van der Waals surface area contributed by atoms with Crippen molar-refractivity contribution in [3.8, 4) is 0 Å². The van der Waals surface area contributed by atoms with Crippen LogP contribution < -0.4 is 10.4 Å². The van der Waals surface area contributed by atoms with E-state index in [0.717, 1.165) is 11.3 Å². The number of fused-ring (bicyclic) bond motifs is 1. The molecular formula is C25H31ClN4O6. The number of halogens is 1. The molecule has 0 radical (unpaired) electrons. The number of ketones is 1. The number of esters is 1. The zero-order valence-electron chi connectivity index (χ0n) is 20.6. The number of para-hydroxylation sites is 1. The molecule has 10 nitrogen and oxygen atoms in total. The summed E-state index contributed by atoms with van der Waals surface area (Å²) in [7, 11) is 1.88. The van der Waals surface area contributed by atoms with Crippen LogP contribution in [0.2, 0.25) is 0 Å². The normalized spacial score (nSPS) is 14.5. The number of aliphatic imine (C=N–C) groups is 1. The van der Waals surface area contributed by atoms with E-state index in [-0.39, 0.29) is 44.2 Å². The first-order valence-electron chi connectivity index (χ1n) is 11.5. The van der Waals surface area contributed by atoms with E-state index in [9.17, 15) is 19.2 Å². The van der Waals surface area contributed by atoms with Crippen molar-refractivity contribution in [2.24, 2.45) is 12.0 Å². The number of Topliss-reactive ketones (excluding diaryl/α,β-unsaturated/α-hetero) is 1. The van der Waals surface area contributed by atoms with Crippen molar-refractivity contribution < 1.29 is 28.8 Å². The molecule has 194 valence electrons. The van der Waals surface area contributed by atoms with E-state index in [1.807, 2.05) is 42.9 Å². The van der Waals surface area contributed by atoms with Crippen LogP contribution >= 0.6 is 12.4 Å². The first-order valence-corrected chi connectivity index (χ1v) is 11.5. The Bertz CT molecular complexity index is 1120. The summed E-state index contributed by atoms with van der Waals surface area (Å²) >= 11 is 0. The Morgan fingerprint density at radius 1 is 1.08 bits per heavy atom. The molecule has 0 bridgehead atoms. The number of hydroxylamine groups is 1. The average molecular weight is 519 g/mol. The number of carbonyl (C=O) groups excluding carboxylic acids is 4. The minimum absolute atomic E-state index is 0. The fraction of sp³-hybridized carbons (Fsp3) is 0.400. The third-order valence-electron chi connectivity index (χ3n) is 5.60. The van der Waals surface area contributed by atoms with E-state index < -0.39 is 23.7 Å². The molecule has 1 atom stereocenters. The maximum Gasteiger partial charge on any atom is 0.325 e. The topological polar surface area (TPSA) is 119 Å². The molecule has 1 N–H and O–H groups in total. The second kappa shape index (κ2) is 13.6. The molecule has 0 fully saturated rings. The first-order chi connectivity index (χ1) is 16.8. The summed E-state index contributed by atoms with van der Waals surface area (Å²) in [6, 6.07) is 7.80. The van der Waals surface area contributed by atoms with Gasteiger partial charge >= 0.3 is 11.9 Å². The van der Waals surface area contributed by atoms with Crippen LogP contribution in [0.4, 0.5) is 11.4 Å². The van der Waals surface area contributed by atoms with Gasteiger partial charge in [0.15, 0.2) is 11.8 Å². The molecule has 1 aromatic carbocycles. The highest BCUT2D eigenvalue weighted by molar-refractivity contribution is 6.19. The maximum absolute atomic E-state index is 13.5. The quantitative estimate of drug-likeness (QED) is 0.210. The lowest BCUT2D eigenvalue weighted by molar-refractivity contribution is -0.152. The Morgan fingerprint density at radius 2 is 1.81 bits per heavy atom. The third-order valence-corrected chi connectivity index (χ3v) is 5.60. The van der Waals surface area contributed by atoms with Crippen LogP contribution in [0.25, 0.3) is 0 Å². The third kappa shape index (κ3) is 7.02. The highest BCUT2D eigenvalue weighted by atomic mass is 35.5. The van der Waals surface area contributed by atoms with Gasteiger partial charge in [-0.15, -0.1) is 12.4 Å². The number of nitrogens with one attached hydrogen (secondary N) is 1. The zero-order chi connectivity index (χ0) is 25.4. The Hall–Kier alpha value is -3.50. The van der Waals surface area contributed by atoms with Gasteiger partial charge in [-0.1, -0.05) is 18.2 Å². The van der Waals surface area contributed by atoms with Gasteiger partial charge in [0.1, 0.15) is 0 Å². The SMILES string of the molecule is CCOC(=O)CCCNOC(=O)CCC(=O)C1N=Cc2c(cn(C)c2C)N(c2ccccc2)C1=O.Cl. The van der Waals surface area contributed by atoms with Crippen molar-refractivity contribution in [1.82, 2.24) is 10.0 Å². The van der Waals surface area contributed by atoms with Crippen molar-refractivity contribution in [2.45, 2.75) is 45.6 Å². The van der Waals surface area contributed by atoms with Gasteiger partial charge in [-0.3, -0.25) is 29.1 Å². The van der Waals surface area contributed by atoms with Gasteiger partial charge in [-0.2, -0.15) is 5.48 Å². The van der Waals surface area contributed by atoms with Crippen molar-refractivity contribution >= 4 is 53.6 Å². The van der Waals surface area contributed by atoms with E-state index in [1.54, 1.807) is 25.3 Å². The molecule has 1 aliphatic rings. The lowest BCUT2D eigenvalue weighted by Crippen LogP contribution is -2.39. The van der Waals surface area contributed by atoms with Gasteiger partial charge in [0, 0.05) is 55.8 Å². The molecule has 3 rings (SSSR count). The summed E-state index contributed by atoms with van der Waals surface area (Å²) < 4.78 is 6.72. The molecule has 1 aliphatic heterocycles. The van der Waals surface area contributed by atoms with Crippen LogP contribution in [0.1, 0.15) is 43.9 Å². The number of aromatic nitrogens is 1. The molecule has 2 aromatic rings. The number of anilines is 2. The number of aryl methyl sites for hydroxylation is 1. The van der Waals surface area contributed by atoms with Gasteiger partial charge in [-0.05, 0) is 32.4 Å². The van der Waals surface area contributed by atoms with Gasteiger partial charge in [0.25, 0.3) is 5.91 Å². The fourth-order valence-corrected chi connectivity index (χ4v) is 3.66. The van der Waals surface area contributed by atoms with Crippen molar-refractivity contribution in [3.05, 3.63) is 47.8 Å². The highest BCUT2D eigenvalue weighted by Gasteiger charge is 2.35. The molecule has 0 spiro atoms. The summed E-state index contributed by atoms with van der Waals surface area (Å²) in [5.41, 5.74) is 5.41. The molecule has 2 heterocycles.